The Morgan fingerprint density at radius 2 is 1.76 bits per heavy atom. The quantitative estimate of drug-likeness (QED) is 0.926. The average Bonchev–Trinajstić information content (AvgIpc) is 2.95. The lowest BCUT2D eigenvalue weighted by Crippen LogP contribution is -2.48. The molecule has 7 heteroatoms. The van der Waals surface area contributed by atoms with E-state index in [1.807, 2.05) is 30.3 Å². The molecule has 1 aliphatic rings. The highest BCUT2D eigenvalue weighted by molar-refractivity contribution is 7.89. The SMILES string of the molecule is Cc1[nH]ncc1S(=O)(=O)N1CCN(c2ccccc2)CC1. The predicted molar refractivity (Wildman–Crippen MR) is 80.7 cm³/mol. The molecule has 0 spiro atoms. The van der Waals surface area contributed by atoms with Gasteiger partial charge in [-0.05, 0) is 19.1 Å². The van der Waals surface area contributed by atoms with Crippen LogP contribution >= 0.6 is 0 Å². The Balaban J connectivity index is 1.73. The summed E-state index contributed by atoms with van der Waals surface area (Å²) in [5.74, 6) is 0. The van der Waals surface area contributed by atoms with Crippen molar-refractivity contribution in [2.24, 2.45) is 0 Å². The van der Waals surface area contributed by atoms with Gasteiger partial charge in [0.2, 0.25) is 10.0 Å². The minimum absolute atomic E-state index is 0.274. The van der Waals surface area contributed by atoms with E-state index < -0.39 is 10.0 Å². The first-order valence-corrected chi connectivity index (χ1v) is 8.33. The van der Waals surface area contributed by atoms with E-state index >= 15 is 0 Å². The number of anilines is 1. The minimum Gasteiger partial charge on any atom is -0.369 e. The molecule has 1 aromatic heterocycles. The molecule has 0 bridgehead atoms. The van der Waals surface area contributed by atoms with Crippen molar-refractivity contribution in [3.05, 3.63) is 42.2 Å². The van der Waals surface area contributed by atoms with Gasteiger partial charge in [-0.2, -0.15) is 9.40 Å². The second kappa shape index (κ2) is 5.50. The molecular formula is C14H18N4O2S. The second-order valence-electron chi connectivity index (χ2n) is 5.09. The van der Waals surface area contributed by atoms with Crippen LogP contribution in [0.2, 0.25) is 0 Å². The minimum atomic E-state index is -3.44. The Labute approximate surface area is 124 Å². The number of nitrogens with one attached hydrogen (secondary N) is 1. The van der Waals surface area contributed by atoms with E-state index in [4.69, 9.17) is 0 Å². The summed E-state index contributed by atoms with van der Waals surface area (Å²) in [5.41, 5.74) is 1.72. The third kappa shape index (κ3) is 2.66. The van der Waals surface area contributed by atoms with E-state index in [1.54, 1.807) is 6.92 Å². The maximum atomic E-state index is 12.6. The molecule has 1 aromatic carbocycles. The van der Waals surface area contributed by atoms with Gasteiger partial charge in [0.05, 0.1) is 11.9 Å². The molecule has 0 saturated carbocycles. The van der Waals surface area contributed by atoms with Crippen molar-refractivity contribution >= 4 is 15.7 Å². The van der Waals surface area contributed by atoms with Crippen molar-refractivity contribution in [3.63, 3.8) is 0 Å². The van der Waals surface area contributed by atoms with Crippen LogP contribution in [0.15, 0.2) is 41.4 Å². The van der Waals surface area contributed by atoms with Gasteiger partial charge >= 0.3 is 0 Å². The van der Waals surface area contributed by atoms with Gasteiger partial charge in [-0.1, -0.05) is 18.2 Å². The third-order valence-corrected chi connectivity index (χ3v) is 5.77. The van der Waals surface area contributed by atoms with Crippen molar-refractivity contribution in [1.29, 1.82) is 0 Å². The second-order valence-corrected chi connectivity index (χ2v) is 6.99. The lowest BCUT2D eigenvalue weighted by Gasteiger charge is -2.35. The molecule has 21 heavy (non-hydrogen) atoms. The number of para-hydroxylation sites is 1. The topological polar surface area (TPSA) is 69.3 Å². The van der Waals surface area contributed by atoms with Crippen molar-refractivity contribution in [1.82, 2.24) is 14.5 Å². The fraction of sp³-hybridized carbons (Fsp3) is 0.357. The number of aromatic nitrogens is 2. The largest absolute Gasteiger partial charge is 0.369 e. The van der Waals surface area contributed by atoms with Gasteiger partial charge in [0.25, 0.3) is 0 Å². The Bertz CT molecular complexity index is 704. The van der Waals surface area contributed by atoms with Crippen molar-refractivity contribution in [3.8, 4) is 0 Å². The molecule has 0 amide bonds. The van der Waals surface area contributed by atoms with Crippen LogP contribution in [0.5, 0.6) is 0 Å². The van der Waals surface area contributed by atoms with Crippen LogP contribution in [-0.4, -0.2) is 49.1 Å². The Kier molecular flexibility index (Phi) is 3.69. The van der Waals surface area contributed by atoms with Crippen molar-refractivity contribution in [2.45, 2.75) is 11.8 Å². The summed E-state index contributed by atoms with van der Waals surface area (Å²) < 4.78 is 26.7. The fourth-order valence-corrected chi connectivity index (χ4v) is 4.10. The van der Waals surface area contributed by atoms with E-state index in [0.29, 0.717) is 31.9 Å². The lowest BCUT2D eigenvalue weighted by atomic mass is 10.2. The predicted octanol–water partition coefficient (Wildman–Crippen LogP) is 1.23. The molecule has 1 N–H and O–H groups in total. The van der Waals surface area contributed by atoms with E-state index in [9.17, 15) is 8.42 Å². The normalized spacial score (nSPS) is 17.1. The number of sulfonamides is 1. The molecule has 6 nitrogen and oxygen atoms in total. The summed E-state index contributed by atoms with van der Waals surface area (Å²) in [7, 11) is -3.44. The molecule has 0 unspecified atom stereocenters. The standard InChI is InChI=1S/C14H18N4O2S/c1-12-14(11-15-16-12)21(19,20)18-9-7-17(8-10-18)13-5-3-2-4-6-13/h2-6,11H,7-10H2,1H3,(H,15,16). The molecule has 0 atom stereocenters. The highest BCUT2D eigenvalue weighted by atomic mass is 32.2. The number of H-pyrrole nitrogens is 1. The van der Waals surface area contributed by atoms with E-state index in [0.717, 1.165) is 5.69 Å². The van der Waals surface area contributed by atoms with Gasteiger partial charge in [-0.3, -0.25) is 5.10 Å². The van der Waals surface area contributed by atoms with Crippen LogP contribution < -0.4 is 4.90 Å². The molecule has 1 aliphatic heterocycles. The first-order chi connectivity index (χ1) is 10.1. The van der Waals surface area contributed by atoms with Crippen LogP contribution in [0.3, 0.4) is 0 Å². The van der Waals surface area contributed by atoms with Crippen LogP contribution in [-0.2, 0) is 10.0 Å². The van der Waals surface area contributed by atoms with Crippen LogP contribution in [0.1, 0.15) is 5.69 Å². The number of rotatable bonds is 3. The summed E-state index contributed by atoms with van der Waals surface area (Å²) in [6, 6.07) is 10.1. The Hall–Kier alpha value is -1.86. The van der Waals surface area contributed by atoms with Gasteiger partial charge in [0.15, 0.2) is 0 Å². The first kappa shape index (κ1) is 14.1. The number of hydrogen-bond donors (Lipinski definition) is 1. The summed E-state index contributed by atoms with van der Waals surface area (Å²) >= 11 is 0. The summed E-state index contributed by atoms with van der Waals surface area (Å²) in [6.45, 7) is 4.09. The number of hydrogen-bond acceptors (Lipinski definition) is 4. The molecule has 0 radical (unpaired) electrons. The lowest BCUT2D eigenvalue weighted by molar-refractivity contribution is 0.384. The maximum Gasteiger partial charge on any atom is 0.246 e. The van der Waals surface area contributed by atoms with Crippen molar-refractivity contribution < 1.29 is 8.42 Å². The Morgan fingerprint density at radius 1 is 1.10 bits per heavy atom. The highest BCUT2D eigenvalue weighted by Gasteiger charge is 2.30. The molecule has 112 valence electrons. The summed E-state index contributed by atoms with van der Waals surface area (Å²) in [5, 5.41) is 6.49. The molecule has 1 saturated heterocycles. The molecule has 2 aromatic rings. The third-order valence-electron chi connectivity index (χ3n) is 3.76. The van der Waals surface area contributed by atoms with Gasteiger partial charge in [0, 0.05) is 31.9 Å². The van der Waals surface area contributed by atoms with Gasteiger partial charge in [-0.25, -0.2) is 8.42 Å². The van der Waals surface area contributed by atoms with Gasteiger partial charge < -0.3 is 4.90 Å². The van der Waals surface area contributed by atoms with E-state index in [2.05, 4.69) is 15.1 Å². The highest BCUT2D eigenvalue weighted by Crippen LogP contribution is 2.21. The van der Waals surface area contributed by atoms with Gasteiger partial charge in [-0.15, -0.1) is 0 Å². The average molecular weight is 306 g/mol. The van der Waals surface area contributed by atoms with Crippen molar-refractivity contribution in [2.75, 3.05) is 31.1 Å². The molecule has 0 aliphatic carbocycles. The monoisotopic (exact) mass is 306 g/mol. The molecule has 3 rings (SSSR count). The Morgan fingerprint density at radius 3 is 2.33 bits per heavy atom. The van der Waals surface area contributed by atoms with Crippen LogP contribution in [0, 0.1) is 6.92 Å². The zero-order chi connectivity index (χ0) is 14.9. The number of nitrogens with zero attached hydrogens (tertiary/aromatic N) is 3. The molecule has 2 heterocycles. The first-order valence-electron chi connectivity index (χ1n) is 6.89. The van der Waals surface area contributed by atoms with Crippen LogP contribution in [0.25, 0.3) is 0 Å². The number of piperazine rings is 1. The smallest absolute Gasteiger partial charge is 0.246 e. The molecular weight excluding hydrogens is 288 g/mol. The van der Waals surface area contributed by atoms with Gasteiger partial charge in [0.1, 0.15) is 4.90 Å². The van der Waals surface area contributed by atoms with Crippen LogP contribution in [0.4, 0.5) is 5.69 Å². The number of benzene rings is 1. The fourth-order valence-electron chi connectivity index (χ4n) is 2.56. The van der Waals surface area contributed by atoms with E-state index in [-0.39, 0.29) is 4.90 Å². The molecule has 1 fully saturated rings. The summed E-state index contributed by atoms with van der Waals surface area (Å²) in [4.78, 5) is 2.48. The van der Waals surface area contributed by atoms with E-state index in [1.165, 1.54) is 10.5 Å². The number of aromatic amines is 1. The number of aryl methyl sites for hydroxylation is 1. The maximum absolute atomic E-state index is 12.6. The summed E-state index contributed by atoms with van der Waals surface area (Å²) in [6.07, 6.45) is 1.38. The zero-order valence-electron chi connectivity index (χ0n) is 11.9. The zero-order valence-corrected chi connectivity index (χ0v) is 12.7.